The standard InChI is InChI=1S/C20H16FN5OS3.C18H13FN6OS3/c1-12-11-28-19(23-12)25-18(27)17-15(29-14-5-3-13(21)4-6-14)7-8-16(24-17)30-20-22-9-10-26(20)2;1-10-8-27-18(22-10)24-16(26)15-13(28-12-4-2-11(19)3-5-12)6-7-14(23-15)29-17-20-9-21-25-17/h3-11H,1-2H3,(H,23,25,27);2-9H,1H3,(H,20,21,25)(H,22,24,26). The lowest BCUT2D eigenvalue weighted by Gasteiger charge is -2.10. The molecule has 8 aromatic rings. The molecule has 0 fully saturated rings. The number of nitrogens with zero attached hydrogens (tertiary/aromatic N) is 8. The van der Waals surface area contributed by atoms with Crippen molar-refractivity contribution in [2.45, 2.75) is 53.8 Å². The molecule has 2 aromatic carbocycles. The van der Waals surface area contributed by atoms with Crippen LogP contribution in [-0.2, 0) is 7.05 Å². The lowest BCUT2D eigenvalue weighted by Crippen LogP contribution is -2.15. The summed E-state index contributed by atoms with van der Waals surface area (Å²) in [6, 6.07) is 19.5. The molecule has 13 nitrogen and oxygen atoms in total. The summed E-state index contributed by atoms with van der Waals surface area (Å²) in [5.74, 6) is -1.35. The van der Waals surface area contributed by atoms with Crippen molar-refractivity contribution in [1.29, 1.82) is 0 Å². The van der Waals surface area contributed by atoms with E-state index in [4.69, 9.17) is 0 Å². The molecule has 0 aliphatic rings. The zero-order chi connectivity index (χ0) is 41.3. The van der Waals surface area contributed by atoms with Crippen LogP contribution in [0.3, 0.4) is 0 Å². The molecule has 0 radical (unpaired) electrons. The molecule has 6 heterocycles. The Morgan fingerprint density at radius 1 is 0.661 bits per heavy atom. The Bertz CT molecular complexity index is 2690. The number of imidazole rings is 1. The molecule has 0 bridgehead atoms. The number of benzene rings is 2. The molecule has 0 saturated carbocycles. The smallest absolute Gasteiger partial charge is 0.277 e. The number of carbonyl (C=O) groups excluding carboxylic acids is 2. The fourth-order valence-corrected chi connectivity index (χ4v) is 9.35. The topological polar surface area (TPSA) is 169 Å². The number of amides is 2. The molecule has 3 N–H and O–H groups in total. The van der Waals surface area contributed by atoms with Crippen LogP contribution >= 0.6 is 69.7 Å². The highest BCUT2D eigenvalue weighted by Gasteiger charge is 2.20. The molecule has 0 aliphatic carbocycles. The molecule has 21 heteroatoms. The molecule has 298 valence electrons. The number of hydrogen-bond donors (Lipinski definition) is 3. The Hall–Kier alpha value is -5.45. The molecule has 59 heavy (non-hydrogen) atoms. The van der Waals surface area contributed by atoms with Gasteiger partial charge in [-0.1, -0.05) is 23.5 Å². The minimum atomic E-state index is -0.371. The van der Waals surface area contributed by atoms with Crippen LogP contribution in [0.1, 0.15) is 32.4 Å². The largest absolute Gasteiger partial charge is 0.329 e. The van der Waals surface area contributed by atoms with Gasteiger partial charge in [0.1, 0.15) is 39.4 Å². The van der Waals surface area contributed by atoms with Crippen LogP contribution < -0.4 is 10.6 Å². The van der Waals surface area contributed by atoms with Crippen molar-refractivity contribution in [3.63, 3.8) is 0 Å². The van der Waals surface area contributed by atoms with Crippen molar-refractivity contribution in [3.8, 4) is 0 Å². The van der Waals surface area contributed by atoms with E-state index in [0.29, 0.717) is 35.3 Å². The van der Waals surface area contributed by atoms with Gasteiger partial charge in [-0.25, -0.2) is 38.7 Å². The molecule has 2 amide bonds. The van der Waals surface area contributed by atoms with Crippen molar-refractivity contribution in [1.82, 2.24) is 44.7 Å². The summed E-state index contributed by atoms with van der Waals surface area (Å²) in [5, 5.41) is 19.5. The number of pyridine rings is 2. The van der Waals surface area contributed by atoms with Gasteiger partial charge in [-0.15, -0.1) is 22.7 Å². The highest BCUT2D eigenvalue weighted by atomic mass is 32.2. The van der Waals surface area contributed by atoms with Crippen LogP contribution in [0.4, 0.5) is 19.0 Å². The number of anilines is 2. The van der Waals surface area contributed by atoms with E-state index >= 15 is 0 Å². The maximum absolute atomic E-state index is 13.2. The van der Waals surface area contributed by atoms with Crippen LogP contribution in [0.25, 0.3) is 0 Å². The van der Waals surface area contributed by atoms with E-state index in [2.05, 4.69) is 50.7 Å². The predicted molar refractivity (Wildman–Crippen MR) is 227 cm³/mol. The third kappa shape index (κ3) is 11.6. The predicted octanol–water partition coefficient (Wildman–Crippen LogP) is 9.93. The first kappa shape index (κ1) is 41.7. The fourth-order valence-electron chi connectivity index (χ4n) is 4.74. The zero-order valence-corrected chi connectivity index (χ0v) is 35.8. The van der Waals surface area contributed by atoms with E-state index in [1.165, 1.54) is 100 Å². The number of aromatic amines is 1. The maximum Gasteiger partial charge on any atom is 0.277 e. The average molecular weight is 902 g/mol. The molecule has 6 aromatic heterocycles. The minimum absolute atomic E-state index is 0.247. The second-order valence-corrected chi connectivity index (χ2v) is 17.9. The van der Waals surface area contributed by atoms with E-state index in [1.807, 2.05) is 60.6 Å². The fraction of sp³-hybridized carbons (Fsp3) is 0.0789. The zero-order valence-electron chi connectivity index (χ0n) is 30.9. The van der Waals surface area contributed by atoms with Gasteiger partial charge >= 0.3 is 0 Å². The monoisotopic (exact) mass is 901 g/mol. The van der Waals surface area contributed by atoms with Gasteiger partial charge in [0.25, 0.3) is 11.8 Å². The molecule has 0 saturated heterocycles. The Balaban J connectivity index is 0.000000179. The number of thiazole rings is 2. The number of aromatic nitrogens is 9. The number of hydrogen-bond acceptors (Lipinski definition) is 15. The average Bonchev–Trinajstić information content (AvgIpc) is 4.06. The van der Waals surface area contributed by atoms with Gasteiger partial charge in [-0.3, -0.25) is 25.3 Å². The summed E-state index contributed by atoms with van der Waals surface area (Å²) in [6.07, 6.45) is 4.96. The number of nitrogens with one attached hydrogen (secondary N) is 3. The SMILES string of the molecule is Cc1csc(NC(=O)c2nc(Sc3nccn3C)ccc2Sc2ccc(F)cc2)n1.Cc1csc(NC(=O)c2nc(Sc3ncn[nH]3)ccc2Sc2ccc(F)cc2)n1. The number of H-pyrrole nitrogens is 1. The summed E-state index contributed by atoms with van der Waals surface area (Å²) in [4.78, 5) is 54.8. The number of aryl methyl sites for hydroxylation is 3. The highest BCUT2D eigenvalue weighted by Crippen LogP contribution is 2.35. The summed E-state index contributed by atoms with van der Waals surface area (Å²) in [6.45, 7) is 3.72. The molecular formula is C38H29F2N11O2S6. The van der Waals surface area contributed by atoms with Gasteiger partial charge in [0.05, 0.1) is 11.4 Å². The van der Waals surface area contributed by atoms with E-state index in [-0.39, 0.29) is 34.8 Å². The van der Waals surface area contributed by atoms with Crippen LogP contribution in [-0.4, -0.2) is 56.5 Å². The Kier molecular flexibility index (Phi) is 13.8. The third-order valence-electron chi connectivity index (χ3n) is 7.42. The van der Waals surface area contributed by atoms with Gasteiger partial charge in [-0.05, 0) is 110 Å². The lowest BCUT2D eigenvalue weighted by molar-refractivity contribution is 0.101. The first-order chi connectivity index (χ1) is 28.5. The second kappa shape index (κ2) is 19.5. The Morgan fingerprint density at radius 3 is 1.59 bits per heavy atom. The van der Waals surface area contributed by atoms with E-state index < -0.39 is 0 Å². The van der Waals surface area contributed by atoms with Crippen molar-refractivity contribution in [2.24, 2.45) is 7.05 Å². The highest BCUT2D eigenvalue weighted by molar-refractivity contribution is 8.00. The number of rotatable bonds is 12. The molecule has 0 atom stereocenters. The summed E-state index contributed by atoms with van der Waals surface area (Å²) < 4.78 is 28.3. The van der Waals surface area contributed by atoms with Crippen LogP contribution in [0.2, 0.25) is 0 Å². The van der Waals surface area contributed by atoms with E-state index in [0.717, 1.165) is 26.3 Å². The van der Waals surface area contributed by atoms with Gasteiger partial charge in [-0.2, -0.15) is 5.10 Å². The van der Waals surface area contributed by atoms with Crippen molar-refractivity contribution >= 4 is 91.8 Å². The molecule has 8 rings (SSSR count). The van der Waals surface area contributed by atoms with Gasteiger partial charge in [0.15, 0.2) is 20.6 Å². The van der Waals surface area contributed by atoms with Gasteiger partial charge in [0, 0.05) is 49.8 Å². The molecule has 0 unspecified atom stereocenters. The van der Waals surface area contributed by atoms with E-state index in [9.17, 15) is 18.4 Å². The number of halogens is 2. The minimum Gasteiger partial charge on any atom is -0.329 e. The second-order valence-electron chi connectivity index (χ2n) is 11.9. The number of carbonyl (C=O) groups is 2. The molecular weight excluding hydrogens is 873 g/mol. The normalized spacial score (nSPS) is 10.9. The lowest BCUT2D eigenvalue weighted by atomic mass is 10.3. The molecule has 0 aliphatic heterocycles. The van der Waals surface area contributed by atoms with E-state index in [1.54, 1.807) is 36.5 Å². The Morgan fingerprint density at radius 2 is 1.17 bits per heavy atom. The first-order valence-electron chi connectivity index (χ1n) is 17.1. The van der Waals surface area contributed by atoms with Crippen molar-refractivity contribution in [3.05, 3.63) is 137 Å². The van der Waals surface area contributed by atoms with Crippen LogP contribution in [0, 0.1) is 25.5 Å². The Labute approximate surface area is 360 Å². The van der Waals surface area contributed by atoms with Crippen molar-refractivity contribution in [2.75, 3.05) is 10.6 Å². The van der Waals surface area contributed by atoms with Gasteiger partial charge in [0.2, 0.25) is 0 Å². The van der Waals surface area contributed by atoms with Crippen LogP contribution in [0.15, 0.2) is 142 Å². The summed E-state index contributed by atoms with van der Waals surface area (Å²) >= 11 is 8.01. The maximum atomic E-state index is 13.2. The first-order valence-corrected chi connectivity index (χ1v) is 22.1. The summed E-state index contributed by atoms with van der Waals surface area (Å²) in [7, 11) is 1.90. The quantitative estimate of drug-likeness (QED) is 0.106. The third-order valence-corrected chi connectivity index (χ3v) is 13.1. The van der Waals surface area contributed by atoms with Crippen LogP contribution in [0.5, 0.6) is 0 Å². The van der Waals surface area contributed by atoms with Gasteiger partial charge < -0.3 is 4.57 Å². The summed E-state index contributed by atoms with van der Waals surface area (Å²) in [5.41, 5.74) is 2.19. The molecule has 0 spiro atoms. The van der Waals surface area contributed by atoms with Crippen molar-refractivity contribution < 1.29 is 18.4 Å².